The zero-order chi connectivity index (χ0) is 13.8. The molecule has 108 valence electrons. The molecule has 1 aliphatic heterocycles. The molecule has 1 N–H and O–H groups in total. The molecule has 1 aliphatic rings. The highest BCUT2D eigenvalue weighted by molar-refractivity contribution is 7.99. The Labute approximate surface area is 125 Å². The monoisotopic (exact) mass is 289 g/mol. The molecule has 3 rings (SSSR count). The number of unbranched alkanes of at least 4 members (excludes halogenated alkanes) is 1. The molecule has 20 heavy (non-hydrogen) atoms. The van der Waals surface area contributed by atoms with Crippen LogP contribution in [-0.2, 0) is 13.0 Å². The van der Waals surface area contributed by atoms with Gasteiger partial charge in [-0.15, -0.1) is 0 Å². The number of rotatable bonds is 6. The van der Waals surface area contributed by atoms with Crippen LogP contribution in [0.1, 0.15) is 37.5 Å². The first kappa shape index (κ1) is 14.0. The third-order valence-corrected chi connectivity index (χ3v) is 5.20. The van der Waals surface area contributed by atoms with Crippen molar-refractivity contribution < 1.29 is 4.42 Å². The predicted octanol–water partition coefficient (Wildman–Crippen LogP) is 4.37. The van der Waals surface area contributed by atoms with E-state index in [1.807, 2.05) is 0 Å². The van der Waals surface area contributed by atoms with Crippen LogP contribution < -0.4 is 5.32 Å². The zero-order valence-electron chi connectivity index (χ0n) is 12.2. The second-order valence-corrected chi connectivity index (χ2v) is 6.69. The highest BCUT2D eigenvalue weighted by atomic mass is 32.2. The average Bonchev–Trinajstić information content (AvgIpc) is 3.10. The van der Waals surface area contributed by atoms with Crippen LogP contribution in [-0.4, -0.2) is 17.5 Å². The molecular weight excluding hydrogens is 266 g/mol. The SMILES string of the molecule is CCCCc1oc2ccccc2c1CNC1CCSC1. The van der Waals surface area contributed by atoms with E-state index < -0.39 is 0 Å². The second kappa shape index (κ2) is 6.68. The summed E-state index contributed by atoms with van der Waals surface area (Å²) in [6.07, 6.45) is 4.77. The summed E-state index contributed by atoms with van der Waals surface area (Å²) in [7, 11) is 0. The van der Waals surface area contributed by atoms with Gasteiger partial charge >= 0.3 is 0 Å². The minimum atomic E-state index is 0.674. The van der Waals surface area contributed by atoms with Crippen LogP contribution in [0.25, 0.3) is 11.0 Å². The van der Waals surface area contributed by atoms with E-state index in [9.17, 15) is 0 Å². The van der Waals surface area contributed by atoms with Crippen molar-refractivity contribution in [1.82, 2.24) is 5.32 Å². The normalized spacial score (nSPS) is 18.9. The molecule has 0 radical (unpaired) electrons. The molecule has 0 aliphatic carbocycles. The van der Waals surface area contributed by atoms with Crippen LogP contribution in [0, 0.1) is 0 Å². The molecule has 1 unspecified atom stereocenters. The lowest BCUT2D eigenvalue weighted by Crippen LogP contribution is -2.28. The maximum Gasteiger partial charge on any atom is 0.134 e. The number of hydrogen-bond acceptors (Lipinski definition) is 3. The smallest absolute Gasteiger partial charge is 0.134 e. The van der Waals surface area contributed by atoms with E-state index in [-0.39, 0.29) is 0 Å². The van der Waals surface area contributed by atoms with Crippen LogP contribution in [0.4, 0.5) is 0 Å². The number of furan rings is 1. The topological polar surface area (TPSA) is 25.2 Å². The summed E-state index contributed by atoms with van der Waals surface area (Å²) in [6.45, 7) is 3.18. The van der Waals surface area contributed by atoms with E-state index in [4.69, 9.17) is 4.42 Å². The molecule has 1 fully saturated rings. The van der Waals surface area contributed by atoms with Crippen LogP contribution >= 0.6 is 11.8 Å². The van der Waals surface area contributed by atoms with Gasteiger partial charge in [0, 0.05) is 35.7 Å². The van der Waals surface area contributed by atoms with E-state index in [0.717, 1.165) is 18.5 Å². The lowest BCUT2D eigenvalue weighted by Gasteiger charge is -2.11. The van der Waals surface area contributed by atoms with Gasteiger partial charge in [0.1, 0.15) is 11.3 Å². The first-order valence-electron chi connectivity index (χ1n) is 7.69. The van der Waals surface area contributed by atoms with E-state index in [1.165, 1.54) is 47.5 Å². The highest BCUT2D eigenvalue weighted by Crippen LogP contribution is 2.27. The molecule has 0 saturated carbocycles. The Kier molecular flexibility index (Phi) is 4.69. The van der Waals surface area contributed by atoms with E-state index in [2.05, 4.69) is 48.3 Å². The van der Waals surface area contributed by atoms with Gasteiger partial charge in [0.15, 0.2) is 0 Å². The molecule has 1 atom stereocenters. The van der Waals surface area contributed by atoms with Crippen molar-refractivity contribution in [2.45, 2.75) is 45.2 Å². The predicted molar refractivity (Wildman–Crippen MR) is 87.4 cm³/mol. The van der Waals surface area contributed by atoms with Crippen molar-refractivity contribution in [3.8, 4) is 0 Å². The van der Waals surface area contributed by atoms with Gasteiger partial charge in [0.2, 0.25) is 0 Å². The molecule has 2 heterocycles. The maximum absolute atomic E-state index is 6.07. The number of nitrogens with one attached hydrogen (secondary N) is 1. The molecule has 3 heteroatoms. The Bertz CT molecular complexity index is 557. The molecular formula is C17H23NOS. The third-order valence-electron chi connectivity index (χ3n) is 4.04. The summed E-state index contributed by atoms with van der Waals surface area (Å²) in [5.74, 6) is 3.73. The van der Waals surface area contributed by atoms with Gasteiger partial charge in [-0.05, 0) is 24.7 Å². The molecule has 2 nitrogen and oxygen atoms in total. The van der Waals surface area contributed by atoms with Crippen molar-refractivity contribution >= 4 is 22.7 Å². The highest BCUT2D eigenvalue weighted by Gasteiger charge is 2.18. The Morgan fingerprint density at radius 1 is 1.35 bits per heavy atom. The number of aryl methyl sites for hydroxylation is 1. The van der Waals surface area contributed by atoms with Gasteiger partial charge in [-0.25, -0.2) is 0 Å². The number of hydrogen-bond donors (Lipinski definition) is 1. The van der Waals surface area contributed by atoms with E-state index in [0.29, 0.717) is 6.04 Å². The summed E-state index contributed by atoms with van der Waals surface area (Å²) < 4.78 is 6.07. The molecule has 1 aromatic carbocycles. The molecule has 0 spiro atoms. The summed E-state index contributed by atoms with van der Waals surface area (Å²) >= 11 is 2.06. The first-order chi connectivity index (χ1) is 9.88. The summed E-state index contributed by atoms with van der Waals surface area (Å²) in [5, 5.41) is 5.00. The fourth-order valence-corrected chi connectivity index (χ4v) is 4.01. The number of benzene rings is 1. The molecule has 0 bridgehead atoms. The lowest BCUT2D eigenvalue weighted by atomic mass is 10.1. The molecule has 1 saturated heterocycles. The van der Waals surface area contributed by atoms with Gasteiger partial charge in [0.05, 0.1) is 0 Å². The molecule has 0 amide bonds. The van der Waals surface area contributed by atoms with Crippen molar-refractivity contribution in [2.75, 3.05) is 11.5 Å². The maximum atomic E-state index is 6.07. The Hall–Kier alpha value is -0.930. The number of fused-ring (bicyclic) bond motifs is 1. The van der Waals surface area contributed by atoms with Crippen molar-refractivity contribution in [2.24, 2.45) is 0 Å². The fourth-order valence-electron chi connectivity index (χ4n) is 2.82. The number of para-hydroxylation sites is 1. The number of thioether (sulfide) groups is 1. The standard InChI is InChI=1S/C17H23NOS/c1-2-3-7-17-15(11-18-13-9-10-20-12-13)14-6-4-5-8-16(14)19-17/h4-6,8,13,18H,2-3,7,9-12H2,1H3. The third kappa shape index (κ3) is 3.04. The van der Waals surface area contributed by atoms with Crippen molar-refractivity contribution in [3.05, 3.63) is 35.6 Å². The van der Waals surface area contributed by atoms with Gasteiger partial charge in [-0.3, -0.25) is 0 Å². The fraction of sp³-hybridized carbons (Fsp3) is 0.529. The summed E-state index contributed by atoms with van der Waals surface area (Å²) in [5.41, 5.74) is 2.42. The lowest BCUT2D eigenvalue weighted by molar-refractivity contribution is 0.512. The van der Waals surface area contributed by atoms with Crippen LogP contribution in [0.5, 0.6) is 0 Å². The van der Waals surface area contributed by atoms with Crippen LogP contribution in [0.3, 0.4) is 0 Å². The van der Waals surface area contributed by atoms with Gasteiger partial charge in [-0.1, -0.05) is 31.5 Å². The first-order valence-corrected chi connectivity index (χ1v) is 8.84. The van der Waals surface area contributed by atoms with Crippen molar-refractivity contribution in [1.29, 1.82) is 0 Å². The average molecular weight is 289 g/mol. The zero-order valence-corrected chi connectivity index (χ0v) is 13.0. The van der Waals surface area contributed by atoms with E-state index >= 15 is 0 Å². The van der Waals surface area contributed by atoms with Crippen molar-refractivity contribution in [3.63, 3.8) is 0 Å². The molecule has 1 aromatic heterocycles. The van der Waals surface area contributed by atoms with E-state index in [1.54, 1.807) is 0 Å². The second-order valence-electron chi connectivity index (χ2n) is 5.54. The van der Waals surface area contributed by atoms with Gasteiger partial charge < -0.3 is 9.73 Å². The largest absolute Gasteiger partial charge is 0.461 e. The molecule has 2 aromatic rings. The van der Waals surface area contributed by atoms with Crippen LogP contribution in [0.15, 0.2) is 28.7 Å². The minimum Gasteiger partial charge on any atom is -0.461 e. The van der Waals surface area contributed by atoms with Gasteiger partial charge in [0.25, 0.3) is 0 Å². The summed E-state index contributed by atoms with van der Waals surface area (Å²) in [6, 6.07) is 9.11. The van der Waals surface area contributed by atoms with Gasteiger partial charge in [-0.2, -0.15) is 11.8 Å². The Balaban J connectivity index is 1.81. The minimum absolute atomic E-state index is 0.674. The Morgan fingerprint density at radius 2 is 2.25 bits per heavy atom. The quantitative estimate of drug-likeness (QED) is 0.855. The summed E-state index contributed by atoms with van der Waals surface area (Å²) in [4.78, 5) is 0. The Morgan fingerprint density at radius 3 is 3.05 bits per heavy atom. The van der Waals surface area contributed by atoms with Crippen LogP contribution in [0.2, 0.25) is 0 Å².